The van der Waals surface area contributed by atoms with E-state index in [1.54, 1.807) is 6.07 Å². The molecular weight excluding hydrogens is 267 g/mol. The SMILES string of the molecule is N#Cc1ccc(C(F)(F)F)nc1Sc1ncco1. The van der Waals surface area contributed by atoms with Crippen LogP contribution in [0.2, 0.25) is 0 Å². The number of aromatic nitrogens is 2. The van der Waals surface area contributed by atoms with Gasteiger partial charge in [0, 0.05) is 0 Å². The Hall–Kier alpha value is -2.01. The van der Waals surface area contributed by atoms with Crippen LogP contribution in [0.1, 0.15) is 11.3 Å². The number of hydrogen-bond acceptors (Lipinski definition) is 5. The first-order chi connectivity index (χ1) is 8.50. The Morgan fingerprint density at radius 3 is 2.67 bits per heavy atom. The van der Waals surface area contributed by atoms with Crippen molar-refractivity contribution in [3.05, 3.63) is 35.9 Å². The van der Waals surface area contributed by atoms with Crippen LogP contribution in [0.15, 0.2) is 39.3 Å². The standard InChI is InChI=1S/C10H4F3N3OS/c11-10(12,13)7-2-1-6(5-14)8(16-7)18-9-15-3-4-17-9/h1-4H. The zero-order valence-corrected chi connectivity index (χ0v) is 9.42. The average Bonchev–Trinajstić information content (AvgIpc) is 2.80. The number of pyridine rings is 1. The van der Waals surface area contributed by atoms with Crippen LogP contribution in [0, 0.1) is 11.3 Å². The van der Waals surface area contributed by atoms with E-state index in [-0.39, 0.29) is 15.8 Å². The average molecular weight is 271 g/mol. The number of halogens is 3. The maximum absolute atomic E-state index is 12.5. The molecule has 0 aliphatic carbocycles. The highest BCUT2D eigenvalue weighted by molar-refractivity contribution is 7.99. The summed E-state index contributed by atoms with van der Waals surface area (Å²) in [4.78, 5) is 7.15. The Balaban J connectivity index is 2.41. The molecule has 2 aromatic heterocycles. The first-order valence-electron chi connectivity index (χ1n) is 4.56. The minimum atomic E-state index is -4.56. The van der Waals surface area contributed by atoms with Gasteiger partial charge in [-0.05, 0) is 23.9 Å². The maximum atomic E-state index is 12.5. The van der Waals surface area contributed by atoms with Crippen molar-refractivity contribution in [3.8, 4) is 6.07 Å². The van der Waals surface area contributed by atoms with Crippen LogP contribution in [-0.4, -0.2) is 9.97 Å². The fraction of sp³-hybridized carbons (Fsp3) is 0.100. The Kier molecular flexibility index (Phi) is 3.25. The summed E-state index contributed by atoms with van der Waals surface area (Å²) in [5.41, 5.74) is -1.03. The van der Waals surface area contributed by atoms with Crippen LogP contribution < -0.4 is 0 Å². The van der Waals surface area contributed by atoms with Crippen molar-refractivity contribution in [1.82, 2.24) is 9.97 Å². The van der Waals surface area contributed by atoms with Gasteiger partial charge in [-0.3, -0.25) is 0 Å². The molecule has 0 N–H and O–H groups in total. The van der Waals surface area contributed by atoms with E-state index < -0.39 is 11.9 Å². The summed E-state index contributed by atoms with van der Waals surface area (Å²) in [6, 6.07) is 3.60. The molecular formula is C10H4F3N3OS. The third-order valence-corrected chi connectivity index (χ3v) is 2.75. The van der Waals surface area contributed by atoms with E-state index in [4.69, 9.17) is 9.68 Å². The second-order valence-corrected chi connectivity index (χ2v) is 4.00. The largest absolute Gasteiger partial charge is 0.440 e. The number of alkyl halides is 3. The second-order valence-electron chi connectivity index (χ2n) is 3.06. The van der Waals surface area contributed by atoms with Crippen LogP contribution in [0.5, 0.6) is 0 Å². The van der Waals surface area contributed by atoms with Crippen molar-refractivity contribution >= 4 is 11.8 Å². The first kappa shape index (κ1) is 12.4. The lowest BCUT2D eigenvalue weighted by atomic mass is 10.2. The molecule has 0 aliphatic heterocycles. The molecule has 0 saturated heterocycles. The molecule has 0 aromatic carbocycles. The molecule has 0 spiro atoms. The zero-order valence-electron chi connectivity index (χ0n) is 8.60. The molecule has 8 heteroatoms. The van der Waals surface area contributed by atoms with E-state index in [2.05, 4.69) is 9.97 Å². The van der Waals surface area contributed by atoms with Gasteiger partial charge >= 0.3 is 6.18 Å². The minimum absolute atomic E-state index is 0.0335. The quantitative estimate of drug-likeness (QED) is 0.839. The Labute approximate surface area is 103 Å². The summed E-state index contributed by atoms with van der Waals surface area (Å²) in [5, 5.41) is 8.84. The lowest BCUT2D eigenvalue weighted by Gasteiger charge is -2.07. The normalized spacial score (nSPS) is 11.2. The monoisotopic (exact) mass is 271 g/mol. The molecule has 0 amide bonds. The van der Waals surface area contributed by atoms with Crippen molar-refractivity contribution < 1.29 is 17.6 Å². The van der Waals surface area contributed by atoms with E-state index in [1.807, 2.05) is 0 Å². The highest BCUT2D eigenvalue weighted by Gasteiger charge is 2.33. The minimum Gasteiger partial charge on any atom is -0.440 e. The topological polar surface area (TPSA) is 62.7 Å². The molecule has 0 fully saturated rings. The van der Waals surface area contributed by atoms with E-state index in [9.17, 15) is 13.2 Å². The Bertz CT molecular complexity index is 589. The smallest absolute Gasteiger partial charge is 0.433 e. The van der Waals surface area contributed by atoms with Crippen LogP contribution in [0.3, 0.4) is 0 Å². The van der Waals surface area contributed by atoms with Crippen molar-refractivity contribution in [2.45, 2.75) is 16.4 Å². The molecule has 92 valence electrons. The third kappa shape index (κ3) is 2.62. The molecule has 0 unspecified atom stereocenters. The van der Waals surface area contributed by atoms with E-state index in [0.29, 0.717) is 0 Å². The molecule has 0 bridgehead atoms. The van der Waals surface area contributed by atoms with Gasteiger partial charge in [0.1, 0.15) is 23.1 Å². The molecule has 2 rings (SSSR count). The van der Waals surface area contributed by atoms with E-state index in [1.165, 1.54) is 12.5 Å². The van der Waals surface area contributed by atoms with Crippen molar-refractivity contribution in [3.63, 3.8) is 0 Å². The maximum Gasteiger partial charge on any atom is 0.433 e. The van der Waals surface area contributed by atoms with Crippen molar-refractivity contribution in [2.75, 3.05) is 0 Å². The molecule has 4 nitrogen and oxygen atoms in total. The van der Waals surface area contributed by atoms with E-state index in [0.717, 1.165) is 23.9 Å². The molecule has 0 saturated carbocycles. The van der Waals surface area contributed by atoms with Gasteiger partial charge in [-0.15, -0.1) is 0 Å². The number of rotatable bonds is 2. The summed E-state index contributed by atoms with van der Waals surface area (Å²) < 4.78 is 42.3. The zero-order chi connectivity index (χ0) is 13.2. The summed E-state index contributed by atoms with van der Waals surface area (Å²) in [5.74, 6) is 0. The molecule has 0 radical (unpaired) electrons. The van der Waals surface area contributed by atoms with Gasteiger partial charge in [-0.1, -0.05) is 0 Å². The predicted octanol–water partition coefficient (Wildman–Crippen LogP) is 3.11. The van der Waals surface area contributed by atoms with Crippen LogP contribution in [-0.2, 0) is 6.18 Å². The summed E-state index contributed by atoms with van der Waals surface area (Å²) in [6.07, 6.45) is -1.93. The van der Waals surface area contributed by atoms with Gasteiger partial charge in [0.15, 0.2) is 0 Å². The fourth-order valence-electron chi connectivity index (χ4n) is 1.10. The molecule has 0 aliphatic rings. The molecule has 2 heterocycles. The van der Waals surface area contributed by atoms with Gasteiger partial charge in [0.2, 0.25) is 0 Å². The Morgan fingerprint density at radius 2 is 2.11 bits per heavy atom. The van der Waals surface area contributed by atoms with Crippen LogP contribution in [0.25, 0.3) is 0 Å². The molecule has 0 atom stereocenters. The highest BCUT2D eigenvalue weighted by Crippen LogP contribution is 2.32. The number of hydrogen-bond donors (Lipinski definition) is 0. The third-order valence-electron chi connectivity index (χ3n) is 1.86. The van der Waals surface area contributed by atoms with Crippen molar-refractivity contribution in [2.24, 2.45) is 0 Å². The summed E-state index contributed by atoms with van der Waals surface area (Å²) >= 11 is 0.764. The van der Waals surface area contributed by atoms with E-state index >= 15 is 0 Å². The number of nitriles is 1. The lowest BCUT2D eigenvalue weighted by Crippen LogP contribution is -2.08. The van der Waals surface area contributed by atoms with Crippen molar-refractivity contribution in [1.29, 1.82) is 5.26 Å². The van der Waals surface area contributed by atoms with Gasteiger partial charge < -0.3 is 4.42 Å². The lowest BCUT2D eigenvalue weighted by molar-refractivity contribution is -0.141. The van der Waals surface area contributed by atoms with Crippen LogP contribution in [0.4, 0.5) is 13.2 Å². The predicted molar refractivity (Wildman–Crippen MR) is 54.6 cm³/mol. The Morgan fingerprint density at radius 1 is 1.33 bits per heavy atom. The van der Waals surface area contributed by atoms with Gasteiger partial charge in [0.05, 0.1) is 11.8 Å². The van der Waals surface area contributed by atoms with Gasteiger partial charge in [-0.2, -0.15) is 18.4 Å². The molecule has 2 aromatic rings. The molecule has 18 heavy (non-hydrogen) atoms. The second kappa shape index (κ2) is 4.70. The van der Waals surface area contributed by atoms with Crippen LogP contribution >= 0.6 is 11.8 Å². The summed E-state index contributed by atoms with van der Waals surface area (Å²) in [6.45, 7) is 0. The first-order valence-corrected chi connectivity index (χ1v) is 5.38. The van der Waals surface area contributed by atoms with Gasteiger partial charge in [0.25, 0.3) is 5.22 Å². The number of nitrogens with zero attached hydrogens (tertiary/aromatic N) is 3. The summed E-state index contributed by atoms with van der Waals surface area (Å²) in [7, 11) is 0. The van der Waals surface area contributed by atoms with Gasteiger partial charge in [-0.25, -0.2) is 9.97 Å². The fourth-order valence-corrected chi connectivity index (χ4v) is 1.85. The number of oxazole rings is 1. The highest BCUT2D eigenvalue weighted by atomic mass is 32.2.